The highest BCUT2D eigenvalue weighted by Gasteiger charge is 2.14. The summed E-state index contributed by atoms with van der Waals surface area (Å²) >= 11 is 6.02. The van der Waals surface area contributed by atoms with E-state index >= 15 is 0 Å². The molecule has 16 heavy (non-hydrogen) atoms. The van der Waals surface area contributed by atoms with Gasteiger partial charge in [-0.2, -0.15) is 0 Å². The summed E-state index contributed by atoms with van der Waals surface area (Å²) < 4.78 is 5.63. The summed E-state index contributed by atoms with van der Waals surface area (Å²) in [6, 6.07) is 4.97. The minimum atomic E-state index is -0.318. The van der Waals surface area contributed by atoms with Crippen molar-refractivity contribution in [3.05, 3.63) is 28.8 Å². The van der Waals surface area contributed by atoms with Crippen molar-refractivity contribution in [1.82, 2.24) is 0 Å². The Hall–Kier alpha value is -1.42. The van der Waals surface area contributed by atoms with Crippen LogP contribution in [0.2, 0.25) is 5.02 Å². The Morgan fingerprint density at radius 2 is 2.06 bits per heavy atom. The molecule has 3 N–H and O–H groups in total. The first-order chi connectivity index (χ1) is 7.33. The lowest BCUT2D eigenvalue weighted by Crippen LogP contribution is -2.23. The number of hydrogen-bond donors (Lipinski definition) is 2. The normalized spacial score (nSPS) is 12.6. The van der Waals surface area contributed by atoms with E-state index in [1.165, 1.54) is 0 Å². The number of nitrogens with two attached hydrogens (primary N) is 1. The molecule has 0 heterocycles. The van der Waals surface area contributed by atoms with Crippen LogP contribution in [-0.4, -0.2) is 16.6 Å². The first-order valence-electron chi connectivity index (χ1n) is 4.80. The average Bonchev–Trinajstić information content (AvgIpc) is 2.18. The third kappa shape index (κ3) is 3.31. The number of ether oxygens (including phenoxy) is 1. The van der Waals surface area contributed by atoms with Crippen LogP contribution in [0, 0.1) is 0 Å². The molecule has 1 aromatic carbocycles. The minimum absolute atomic E-state index is 0.0178. The van der Waals surface area contributed by atoms with E-state index in [1.807, 2.05) is 20.8 Å². The third-order valence-corrected chi connectivity index (χ3v) is 2.05. The molecule has 0 fully saturated rings. The van der Waals surface area contributed by atoms with Crippen LogP contribution in [0.15, 0.2) is 23.4 Å². The molecule has 0 bridgehead atoms. The fourth-order valence-corrected chi connectivity index (χ4v) is 1.35. The molecule has 0 unspecified atom stereocenters. The Morgan fingerprint density at radius 3 is 2.50 bits per heavy atom. The number of hydrogen-bond acceptors (Lipinski definition) is 3. The van der Waals surface area contributed by atoms with Crippen LogP contribution in [0.5, 0.6) is 5.75 Å². The first kappa shape index (κ1) is 12.6. The molecule has 0 aliphatic rings. The van der Waals surface area contributed by atoms with Gasteiger partial charge in [0.2, 0.25) is 0 Å². The van der Waals surface area contributed by atoms with E-state index in [2.05, 4.69) is 5.16 Å². The quantitative estimate of drug-likeness (QED) is 0.363. The smallest absolute Gasteiger partial charge is 0.170 e. The maximum atomic E-state index is 8.52. The molecule has 1 aromatic rings. The maximum Gasteiger partial charge on any atom is 0.170 e. The van der Waals surface area contributed by atoms with Gasteiger partial charge in [-0.3, -0.25) is 0 Å². The van der Waals surface area contributed by atoms with Crippen LogP contribution in [0.25, 0.3) is 0 Å². The predicted molar refractivity (Wildman–Crippen MR) is 64.3 cm³/mol. The van der Waals surface area contributed by atoms with Gasteiger partial charge in [-0.1, -0.05) is 16.8 Å². The zero-order chi connectivity index (χ0) is 12.3. The van der Waals surface area contributed by atoms with Crippen LogP contribution < -0.4 is 10.5 Å². The Balaban J connectivity index is 3.01. The van der Waals surface area contributed by atoms with Gasteiger partial charge in [-0.25, -0.2) is 0 Å². The van der Waals surface area contributed by atoms with Gasteiger partial charge in [-0.15, -0.1) is 0 Å². The molecule has 0 saturated carbocycles. The van der Waals surface area contributed by atoms with Gasteiger partial charge in [0.05, 0.1) is 5.02 Å². The Bertz CT molecular complexity index is 411. The van der Waals surface area contributed by atoms with Crippen LogP contribution in [-0.2, 0) is 0 Å². The van der Waals surface area contributed by atoms with E-state index in [4.69, 9.17) is 27.3 Å². The first-order valence-corrected chi connectivity index (χ1v) is 5.18. The highest BCUT2D eigenvalue weighted by molar-refractivity contribution is 6.32. The third-order valence-electron chi connectivity index (χ3n) is 1.75. The van der Waals surface area contributed by atoms with Crippen molar-refractivity contribution in [3.63, 3.8) is 0 Å². The molecule has 1 rings (SSSR count). The topological polar surface area (TPSA) is 67.8 Å². The predicted octanol–water partition coefficient (Wildman–Crippen LogP) is 2.61. The second-order valence-electron chi connectivity index (χ2n) is 4.34. The number of benzene rings is 1. The van der Waals surface area contributed by atoms with Gasteiger partial charge in [-0.05, 0) is 39.0 Å². The molecule has 4 nitrogen and oxygen atoms in total. The van der Waals surface area contributed by atoms with Crippen molar-refractivity contribution >= 4 is 17.4 Å². The van der Waals surface area contributed by atoms with E-state index in [-0.39, 0.29) is 11.4 Å². The van der Waals surface area contributed by atoms with Crippen molar-refractivity contribution in [2.24, 2.45) is 10.9 Å². The van der Waals surface area contributed by atoms with Gasteiger partial charge < -0.3 is 15.7 Å². The molecule has 0 radical (unpaired) electrons. The van der Waals surface area contributed by atoms with Crippen molar-refractivity contribution in [3.8, 4) is 5.75 Å². The van der Waals surface area contributed by atoms with E-state index < -0.39 is 0 Å². The molecular weight excluding hydrogens is 228 g/mol. The summed E-state index contributed by atoms with van der Waals surface area (Å²) in [6.45, 7) is 5.79. The van der Waals surface area contributed by atoms with Gasteiger partial charge in [0, 0.05) is 5.56 Å². The summed E-state index contributed by atoms with van der Waals surface area (Å²) in [4.78, 5) is 0. The number of amidine groups is 1. The second-order valence-corrected chi connectivity index (χ2v) is 4.75. The van der Waals surface area contributed by atoms with Crippen molar-refractivity contribution < 1.29 is 9.94 Å². The molecule has 0 aliphatic carbocycles. The van der Waals surface area contributed by atoms with Gasteiger partial charge in [0.25, 0.3) is 0 Å². The van der Waals surface area contributed by atoms with E-state index in [0.717, 1.165) is 0 Å². The van der Waals surface area contributed by atoms with Crippen LogP contribution in [0.4, 0.5) is 0 Å². The number of nitrogens with zero attached hydrogens (tertiary/aromatic N) is 1. The summed E-state index contributed by atoms with van der Waals surface area (Å²) in [6.07, 6.45) is 0. The SMILES string of the molecule is CC(C)(C)Oc1ccc(C(N)=NO)cc1Cl. The fourth-order valence-electron chi connectivity index (χ4n) is 1.13. The number of oxime groups is 1. The number of rotatable bonds is 2. The largest absolute Gasteiger partial charge is 0.487 e. The number of halogens is 1. The van der Waals surface area contributed by atoms with E-state index in [0.29, 0.717) is 16.3 Å². The van der Waals surface area contributed by atoms with Crippen LogP contribution in [0.3, 0.4) is 0 Å². The lowest BCUT2D eigenvalue weighted by Gasteiger charge is -2.22. The Labute approximate surface area is 99.7 Å². The molecular formula is C11H15ClN2O2. The van der Waals surface area contributed by atoms with Gasteiger partial charge in [0.15, 0.2) is 5.84 Å². The Kier molecular flexibility index (Phi) is 3.65. The summed E-state index contributed by atoms with van der Waals surface area (Å²) in [7, 11) is 0. The molecule has 0 aromatic heterocycles. The summed E-state index contributed by atoms with van der Waals surface area (Å²) in [5.74, 6) is 0.591. The monoisotopic (exact) mass is 242 g/mol. The van der Waals surface area contributed by atoms with E-state index in [9.17, 15) is 0 Å². The molecule has 0 spiro atoms. The van der Waals surface area contributed by atoms with Crippen LogP contribution in [0.1, 0.15) is 26.3 Å². The Morgan fingerprint density at radius 1 is 1.44 bits per heavy atom. The van der Waals surface area contributed by atoms with Crippen molar-refractivity contribution in [1.29, 1.82) is 0 Å². The van der Waals surface area contributed by atoms with E-state index in [1.54, 1.807) is 18.2 Å². The molecule has 0 atom stereocenters. The maximum absolute atomic E-state index is 8.52. The van der Waals surface area contributed by atoms with Gasteiger partial charge in [0.1, 0.15) is 11.4 Å². The fraction of sp³-hybridized carbons (Fsp3) is 0.364. The second kappa shape index (κ2) is 4.61. The minimum Gasteiger partial charge on any atom is -0.487 e. The molecule has 0 aliphatic heterocycles. The standard InChI is InChI=1S/C11H15ClN2O2/c1-11(2,3)16-9-5-4-7(6-8(9)12)10(13)14-15/h4-6,15H,1-3H3,(H2,13,14). The molecule has 0 saturated heterocycles. The highest BCUT2D eigenvalue weighted by Crippen LogP contribution is 2.28. The summed E-state index contributed by atoms with van der Waals surface area (Å²) in [5.41, 5.74) is 5.67. The molecule has 0 amide bonds. The molecule has 88 valence electrons. The van der Waals surface area contributed by atoms with Crippen LogP contribution >= 0.6 is 11.6 Å². The summed E-state index contributed by atoms with van der Waals surface area (Å²) in [5, 5.41) is 11.9. The lowest BCUT2D eigenvalue weighted by molar-refractivity contribution is 0.131. The average molecular weight is 243 g/mol. The zero-order valence-electron chi connectivity index (χ0n) is 9.49. The van der Waals surface area contributed by atoms with Crippen molar-refractivity contribution in [2.45, 2.75) is 26.4 Å². The van der Waals surface area contributed by atoms with Crippen molar-refractivity contribution in [2.75, 3.05) is 0 Å². The lowest BCUT2D eigenvalue weighted by atomic mass is 10.1. The molecule has 5 heteroatoms. The highest BCUT2D eigenvalue weighted by atomic mass is 35.5. The van der Waals surface area contributed by atoms with Gasteiger partial charge >= 0.3 is 0 Å². The zero-order valence-corrected chi connectivity index (χ0v) is 10.2.